The largest absolute Gasteiger partial charge is 0.494 e. The van der Waals surface area contributed by atoms with Gasteiger partial charge in [-0.3, -0.25) is 4.79 Å². The standard InChI is InChI=1S/C16H20N2O2/c1-12(2)8-9-20-15-6-4-13(5-7-15)10-14(11-17)16(19)18-3/h4-7,10,12H,8-9H2,1-3H3,(H,18,19)/b14-10+. The highest BCUT2D eigenvalue weighted by molar-refractivity contribution is 6.01. The van der Waals surface area contributed by atoms with Crippen LogP contribution < -0.4 is 10.1 Å². The number of ether oxygens (including phenoxy) is 1. The third kappa shape index (κ3) is 5.15. The molecule has 0 saturated carbocycles. The van der Waals surface area contributed by atoms with Crippen LogP contribution in [0.3, 0.4) is 0 Å². The van der Waals surface area contributed by atoms with Crippen LogP contribution in [0.1, 0.15) is 25.8 Å². The fraction of sp³-hybridized carbons (Fsp3) is 0.375. The molecule has 106 valence electrons. The van der Waals surface area contributed by atoms with Crippen LogP contribution in [0.2, 0.25) is 0 Å². The van der Waals surface area contributed by atoms with Crippen LogP contribution in [0.5, 0.6) is 5.75 Å². The Bertz CT molecular complexity index is 510. The number of nitrogens with zero attached hydrogens (tertiary/aromatic N) is 1. The first-order valence-corrected chi connectivity index (χ1v) is 6.63. The van der Waals surface area contributed by atoms with Gasteiger partial charge in [0.05, 0.1) is 6.61 Å². The second-order valence-corrected chi connectivity index (χ2v) is 4.85. The first kappa shape index (κ1) is 15.8. The van der Waals surface area contributed by atoms with Gasteiger partial charge in [-0.05, 0) is 36.1 Å². The summed E-state index contributed by atoms with van der Waals surface area (Å²) < 4.78 is 5.61. The van der Waals surface area contributed by atoms with Crippen molar-refractivity contribution in [3.05, 3.63) is 35.4 Å². The topological polar surface area (TPSA) is 62.1 Å². The molecule has 0 aliphatic rings. The zero-order chi connectivity index (χ0) is 15.0. The van der Waals surface area contributed by atoms with Gasteiger partial charge in [0.15, 0.2) is 0 Å². The molecule has 0 spiro atoms. The van der Waals surface area contributed by atoms with E-state index in [0.717, 1.165) is 17.7 Å². The molecule has 4 nitrogen and oxygen atoms in total. The lowest BCUT2D eigenvalue weighted by Crippen LogP contribution is -2.19. The van der Waals surface area contributed by atoms with Crippen LogP contribution in [0.25, 0.3) is 6.08 Å². The van der Waals surface area contributed by atoms with Gasteiger partial charge >= 0.3 is 0 Å². The first-order chi connectivity index (χ1) is 9.56. The third-order valence-corrected chi connectivity index (χ3v) is 2.75. The number of benzene rings is 1. The van der Waals surface area contributed by atoms with E-state index in [1.54, 1.807) is 6.08 Å². The average molecular weight is 272 g/mol. The van der Waals surface area contributed by atoms with Gasteiger partial charge in [-0.25, -0.2) is 0 Å². The summed E-state index contributed by atoms with van der Waals surface area (Å²) in [5.74, 6) is 1.02. The zero-order valence-electron chi connectivity index (χ0n) is 12.1. The summed E-state index contributed by atoms with van der Waals surface area (Å²) >= 11 is 0. The van der Waals surface area contributed by atoms with Crippen molar-refractivity contribution in [1.82, 2.24) is 5.32 Å². The Hall–Kier alpha value is -2.28. The first-order valence-electron chi connectivity index (χ1n) is 6.63. The smallest absolute Gasteiger partial charge is 0.261 e. The van der Waals surface area contributed by atoms with Crippen LogP contribution in [0, 0.1) is 17.2 Å². The van der Waals surface area contributed by atoms with E-state index >= 15 is 0 Å². The number of nitrogens with one attached hydrogen (secondary N) is 1. The summed E-state index contributed by atoms with van der Waals surface area (Å²) in [4.78, 5) is 11.4. The van der Waals surface area contributed by atoms with Crippen molar-refractivity contribution in [3.63, 3.8) is 0 Å². The maximum absolute atomic E-state index is 11.4. The van der Waals surface area contributed by atoms with Crippen LogP contribution in [-0.4, -0.2) is 19.6 Å². The molecule has 1 aromatic carbocycles. The van der Waals surface area contributed by atoms with Crippen molar-refractivity contribution in [3.8, 4) is 11.8 Å². The highest BCUT2D eigenvalue weighted by Gasteiger charge is 2.05. The van der Waals surface area contributed by atoms with E-state index in [1.807, 2.05) is 30.3 Å². The Balaban J connectivity index is 2.69. The second kappa shape index (κ2) is 8.00. The van der Waals surface area contributed by atoms with E-state index in [9.17, 15) is 4.79 Å². The number of hydrogen-bond donors (Lipinski definition) is 1. The molecule has 1 aromatic rings. The number of carbonyl (C=O) groups is 1. The van der Waals surface area contributed by atoms with Gasteiger partial charge in [0.25, 0.3) is 5.91 Å². The van der Waals surface area contributed by atoms with Gasteiger partial charge < -0.3 is 10.1 Å². The van der Waals surface area contributed by atoms with E-state index < -0.39 is 0 Å². The maximum atomic E-state index is 11.4. The minimum atomic E-state index is -0.384. The number of rotatable bonds is 6. The van der Waals surface area contributed by atoms with Crippen LogP contribution in [-0.2, 0) is 4.79 Å². The Morgan fingerprint density at radius 2 is 2.05 bits per heavy atom. The van der Waals surface area contributed by atoms with E-state index in [4.69, 9.17) is 10.00 Å². The van der Waals surface area contributed by atoms with Crippen molar-refractivity contribution in [2.75, 3.05) is 13.7 Å². The van der Waals surface area contributed by atoms with Crippen LogP contribution in [0.15, 0.2) is 29.8 Å². The molecule has 0 heterocycles. The lowest BCUT2D eigenvalue weighted by atomic mass is 10.1. The number of hydrogen-bond acceptors (Lipinski definition) is 3. The highest BCUT2D eigenvalue weighted by atomic mass is 16.5. The van der Waals surface area contributed by atoms with Crippen molar-refractivity contribution in [1.29, 1.82) is 5.26 Å². The SMILES string of the molecule is CNC(=O)/C(C#N)=C/c1ccc(OCCC(C)C)cc1. The number of carbonyl (C=O) groups excluding carboxylic acids is 1. The predicted molar refractivity (Wildman–Crippen MR) is 79.0 cm³/mol. The van der Waals surface area contributed by atoms with E-state index in [1.165, 1.54) is 7.05 Å². The molecule has 0 unspecified atom stereocenters. The molecular formula is C16H20N2O2. The molecule has 0 atom stereocenters. The van der Waals surface area contributed by atoms with E-state index in [2.05, 4.69) is 19.2 Å². The fourth-order valence-corrected chi connectivity index (χ4v) is 1.52. The van der Waals surface area contributed by atoms with Crippen molar-refractivity contribution < 1.29 is 9.53 Å². The van der Waals surface area contributed by atoms with Crippen molar-refractivity contribution >= 4 is 12.0 Å². The third-order valence-electron chi connectivity index (χ3n) is 2.75. The maximum Gasteiger partial charge on any atom is 0.261 e. The zero-order valence-corrected chi connectivity index (χ0v) is 12.1. The molecule has 0 radical (unpaired) electrons. The number of likely N-dealkylation sites (N-methyl/N-ethyl adjacent to an activating group) is 1. The normalized spacial score (nSPS) is 11.1. The molecule has 0 fully saturated rings. The van der Waals surface area contributed by atoms with E-state index in [-0.39, 0.29) is 11.5 Å². The summed E-state index contributed by atoms with van der Waals surface area (Å²) in [6.45, 7) is 4.99. The van der Waals surface area contributed by atoms with Gasteiger partial charge in [0, 0.05) is 7.05 Å². The van der Waals surface area contributed by atoms with Crippen LogP contribution in [0.4, 0.5) is 0 Å². The summed E-state index contributed by atoms with van der Waals surface area (Å²) in [6, 6.07) is 9.21. The van der Waals surface area contributed by atoms with Gasteiger partial charge in [-0.2, -0.15) is 5.26 Å². The molecule has 0 saturated heterocycles. The Kier molecular flexibility index (Phi) is 6.31. The minimum Gasteiger partial charge on any atom is -0.494 e. The lowest BCUT2D eigenvalue weighted by Gasteiger charge is -2.08. The van der Waals surface area contributed by atoms with Gasteiger partial charge in [0.1, 0.15) is 17.4 Å². The summed E-state index contributed by atoms with van der Waals surface area (Å²) in [5.41, 5.74) is 0.877. The molecule has 20 heavy (non-hydrogen) atoms. The minimum absolute atomic E-state index is 0.0842. The van der Waals surface area contributed by atoms with Gasteiger partial charge in [-0.1, -0.05) is 26.0 Å². The number of amides is 1. The molecular weight excluding hydrogens is 252 g/mol. The molecule has 0 aliphatic carbocycles. The van der Waals surface area contributed by atoms with Crippen LogP contribution >= 0.6 is 0 Å². The second-order valence-electron chi connectivity index (χ2n) is 4.85. The van der Waals surface area contributed by atoms with Crippen molar-refractivity contribution in [2.24, 2.45) is 5.92 Å². The number of nitriles is 1. The Morgan fingerprint density at radius 1 is 1.40 bits per heavy atom. The molecule has 1 N–H and O–H groups in total. The van der Waals surface area contributed by atoms with Gasteiger partial charge in [0.2, 0.25) is 0 Å². The monoisotopic (exact) mass is 272 g/mol. The molecule has 1 amide bonds. The molecule has 0 aromatic heterocycles. The fourth-order valence-electron chi connectivity index (χ4n) is 1.52. The predicted octanol–water partition coefficient (Wildman–Crippen LogP) is 2.76. The molecule has 4 heteroatoms. The molecule has 0 bridgehead atoms. The molecule has 0 aliphatic heterocycles. The average Bonchev–Trinajstić information content (AvgIpc) is 2.45. The molecule has 1 rings (SSSR count). The summed E-state index contributed by atoms with van der Waals surface area (Å²) in [6.07, 6.45) is 2.56. The highest BCUT2D eigenvalue weighted by Crippen LogP contribution is 2.15. The quantitative estimate of drug-likeness (QED) is 0.640. The van der Waals surface area contributed by atoms with E-state index in [0.29, 0.717) is 12.5 Å². The Morgan fingerprint density at radius 3 is 2.55 bits per heavy atom. The lowest BCUT2D eigenvalue weighted by molar-refractivity contribution is -0.116. The Labute approximate surface area is 120 Å². The summed E-state index contributed by atoms with van der Waals surface area (Å²) in [5, 5.41) is 11.3. The van der Waals surface area contributed by atoms with Crippen molar-refractivity contribution in [2.45, 2.75) is 20.3 Å². The summed E-state index contributed by atoms with van der Waals surface area (Å²) in [7, 11) is 1.50. The van der Waals surface area contributed by atoms with Gasteiger partial charge in [-0.15, -0.1) is 0 Å².